The molecule has 1 amide bonds. The second-order valence-corrected chi connectivity index (χ2v) is 3.87. The minimum Gasteiger partial charge on any atom is -0.351 e. The molecule has 3 heteroatoms. The Balaban J connectivity index is 3.77. The van der Waals surface area contributed by atoms with Gasteiger partial charge in [0, 0.05) is 16.9 Å². The zero-order chi connectivity index (χ0) is 9.56. The van der Waals surface area contributed by atoms with Crippen LogP contribution in [0, 0.1) is 5.92 Å². The molecule has 1 N–H and O–H groups in total. The zero-order valence-electron chi connectivity index (χ0n) is 7.69. The topological polar surface area (TPSA) is 29.1 Å². The van der Waals surface area contributed by atoms with Gasteiger partial charge in [0.1, 0.15) is 0 Å². The van der Waals surface area contributed by atoms with E-state index in [9.17, 15) is 4.79 Å². The average Bonchev–Trinajstić information content (AvgIpc) is 2.03. The third-order valence-corrected chi connectivity index (χ3v) is 2.09. The van der Waals surface area contributed by atoms with Crippen LogP contribution in [0.4, 0.5) is 0 Å². The van der Waals surface area contributed by atoms with Gasteiger partial charge in [-0.3, -0.25) is 4.79 Å². The lowest BCUT2D eigenvalue weighted by molar-refractivity contribution is -0.124. The summed E-state index contributed by atoms with van der Waals surface area (Å²) in [5.74, 6) is 0.275. The first kappa shape index (κ1) is 11.7. The van der Waals surface area contributed by atoms with E-state index < -0.39 is 0 Å². The summed E-state index contributed by atoms with van der Waals surface area (Å²) in [7, 11) is 0. The molecule has 0 aromatic rings. The van der Waals surface area contributed by atoms with E-state index >= 15 is 0 Å². The number of hydrogen-bond donors (Lipinski definition) is 1. The molecule has 70 valence electrons. The largest absolute Gasteiger partial charge is 0.351 e. The third kappa shape index (κ3) is 4.54. The summed E-state index contributed by atoms with van der Waals surface area (Å²) in [6.45, 7) is 8.21. The number of carbonyl (C=O) groups is 1. The number of hydrogen-bond acceptors (Lipinski definition) is 1. The van der Waals surface area contributed by atoms with E-state index in [2.05, 4.69) is 27.8 Å². The third-order valence-electron chi connectivity index (χ3n) is 1.81. The molecule has 0 rings (SSSR count). The quantitative estimate of drug-likeness (QED) is 0.777. The monoisotopic (exact) mass is 233 g/mol. The van der Waals surface area contributed by atoms with Crippen LogP contribution in [-0.4, -0.2) is 12.5 Å². The van der Waals surface area contributed by atoms with Crippen LogP contribution in [0.15, 0.2) is 11.1 Å². The minimum atomic E-state index is 0.126. The van der Waals surface area contributed by atoms with Crippen molar-refractivity contribution in [3.63, 3.8) is 0 Å². The lowest BCUT2D eigenvalue weighted by Crippen LogP contribution is -2.30. The van der Waals surface area contributed by atoms with Gasteiger partial charge in [-0.1, -0.05) is 36.4 Å². The van der Waals surface area contributed by atoms with Crippen LogP contribution in [-0.2, 0) is 4.79 Å². The number of nitrogens with one attached hydrogen (secondary N) is 1. The molecule has 0 fully saturated rings. The molecule has 0 aliphatic heterocycles. The lowest BCUT2D eigenvalue weighted by atomic mass is 10.0. The van der Waals surface area contributed by atoms with Crippen LogP contribution in [0.5, 0.6) is 0 Å². The predicted octanol–water partition coefficient (Wildman–Crippen LogP) is 2.45. The van der Waals surface area contributed by atoms with Gasteiger partial charge in [-0.25, -0.2) is 0 Å². The number of amides is 1. The smallest absolute Gasteiger partial charge is 0.223 e. The number of carbonyl (C=O) groups excluding carboxylic acids is 1. The van der Waals surface area contributed by atoms with Crippen LogP contribution in [0.2, 0.25) is 0 Å². The highest BCUT2D eigenvalue weighted by atomic mass is 79.9. The summed E-state index contributed by atoms with van der Waals surface area (Å²) >= 11 is 3.19. The molecule has 0 heterocycles. The Bertz CT molecular complexity index is 164. The predicted molar refractivity (Wildman–Crippen MR) is 55.1 cm³/mol. The Kier molecular flexibility index (Phi) is 6.07. The van der Waals surface area contributed by atoms with Crippen molar-refractivity contribution in [3.05, 3.63) is 11.1 Å². The molecule has 0 spiro atoms. The fourth-order valence-corrected chi connectivity index (χ4v) is 1.13. The van der Waals surface area contributed by atoms with Crippen LogP contribution < -0.4 is 5.32 Å². The molecule has 0 saturated heterocycles. The molecule has 0 bridgehead atoms. The maximum atomic E-state index is 11.3. The van der Waals surface area contributed by atoms with Crippen molar-refractivity contribution in [2.24, 2.45) is 5.92 Å². The average molecular weight is 234 g/mol. The Morgan fingerprint density at radius 1 is 1.50 bits per heavy atom. The maximum Gasteiger partial charge on any atom is 0.223 e. The van der Waals surface area contributed by atoms with Gasteiger partial charge in [-0.05, 0) is 12.8 Å². The van der Waals surface area contributed by atoms with Crippen LogP contribution in [0.25, 0.3) is 0 Å². The second kappa shape index (κ2) is 6.23. The highest BCUT2D eigenvalue weighted by Gasteiger charge is 2.12. The van der Waals surface area contributed by atoms with Gasteiger partial charge < -0.3 is 5.32 Å². The summed E-state index contributed by atoms with van der Waals surface area (Å²) in [4.78, 5) is 11.3. The molecule has 2 nitrogen and oxygen atoms in total. The first-order chi connectivity index (χ1) is 5.61. The molecule has 0 aromatic carbocycles. The van der Waals surface area contributed by atoms with Crippen LogP contribution in [0.3, 0.4) is 0 Å². The fourth-order valence-electron chi connectivity index (χ4n) is 0.987. The van der Waals surface area contributed by atoms with Gasteiger partial charge in [0.25, 0.3) is 0 Å². The number of halogens is 1. The minimum absolute atomic E-state index is 0.126. The second-order valence-electron chi connectivity index (χ2n) is 2.75. The Morgan fingerprint density at radius 3 is 2.33 bits per heavy atom. The summed E-state index contributed by atoms with van der Waals surface area (Å²) in [5, 5.41) is 2.80. The van der Waals surface area contributed by atoms with E-state index in [-0.39, 0.29) is 11.8 Å². The van der Waals surface area contributed by atoms with E-state index in [4.69, 9.17) is 0 Å². The highest BCUT2D eigenvalue weighted by molar-refractivity contribution is 9.11. The molecule has 0 unspecified atom stereocenters. The molecule has 0 aliphatic rings. The first-order valence-corrected chi connectivity index (χ1v) is 5.02. The van der Waals surface area contributed by atoms with Crippen molar-refractivity contribution >= 4 is 21.8 Å². The van der Waals surface area contributed by atoms with E-state index in [0.717, 1.165) is 17.3 Å². The van der Waals surface area contributed by atoms with Gasteiger partial charge in [0.2, 0.25) is 5.91 Å². The molecule has 0 radical (unpaired) electrons. The molecule has 0 aliphatic carbocycles. The highest BCUT2D eigenvalue weighted by Crippen LogP contribution is 2.07. The van der Waals surface area contributed by atoms with Crippen molar-refractivity contribution in [1.82, 2.24) is 5.32 Å². The van der Waals surface area contributed by atoms with Crippen molar-refractivity contribution in [2.45, 2.75) is 26.7 Å². The normalized spacial score (nSPS) is 10.0. The molecular formula is C9H16BrNO. The van der Waals surface area contributed by atoms with Gasteiger partial charge >= 0.3 is 0 Å². The van der Waals surface area contributed by atoms with Crippen molar-refractivity contribution in [1.29, 1.82) is 0 Å². The zero-order valence-corrected chi connectivity index (χ0v) is 9.28. The Hall–Kier alpha value is -0.310. The fraction of sp³-hybridized carbons (Fsp3) is 0.667. The van der Waals surface area contributed by atoms with E-state index in [1.807, 2.05) is 13.8 Å². The van der Waals surface area contributed by atoms with Crippen LogP contribution >= 0.6 is 15.9 Å². The summed E-state index contributed by atoms with van der Waals surface area (Å²) < 4.78 is 0.807. The molecule has 0 saturated carbocycles. The van der Waals surface area contributed by atoms with E-state index in [1.54, 1.807) is 0 Å². The summed E-state index contributed by atoms with van der Waals surface area (Å²) in [5.41, 5.74) is 0. The van der Waals surface area contributed by atoms with Gasteiger partial charge in [0.05, 0.1) is 0 Å². The molecule has 12 heavy (non-hydrogen) atoms. The molecule has 0 aromatic heterocycles. The molecular weight excluding hydrogens is 218 g/mol. The van der Waals surface area contributed by atoms with E-state index in [0.29, 0.717) is 6.54 Å². The van der Waals surface area contributed by atoms with Gasteiger partial charge in [0.15, 0.2) is 0 Å². The standard InChI is InChI=1S/C9H16BrNO/c1-4-8(5-2)9(12)11-6-7(3)10/h8H,3-6H2,1-2H3,(H,11,12). The first-order valence-electron chi connectivity index (χ1n) is 4.22. The van der Waals surface area contributed by atoms with E-state index in [1.165, 1.54) is 0 Å². The van der Waals surface area contributed by atoms with Gasteiger partial charge in [-0.2, -0.15) is 0 Å². The maximum absolute atomic E-state index is 11.3. The van der Waals surface area contributed by atoms with Gasteiger partial charge in [-0.15, -0.1) is 0 Å². The Morgan fingerprint density at radius 2 is 2.00 bits per heavy atom. The van der Waals surface area contributed by atoms with Crippen molar-refractivity contribution < 1.29 is 4.79 Å². The van der Waals surface area contributed by atoms with Crippen molar-refractivity contribution in [3.8, 4) is 0 Å². The SMILES string of the molecule is C=C(Br)CNC(=O)C(CC)CC. The summed E-state index contributed by atoms with van der Waals surface area (Å²) in [6.07, 6.45) is 1.80. The number of rotatable bonds is 5. The van der Waals surface area contributed by atoms with Crippen LogP contribution in [0.1, 0.15) is 26.7 Å². The lowest BCUT2D eigenvalue weighted by Gasteiger charge is -2.11. The molecule has 0 atom stereocenters. The van der Waals surface area contributed by atoms with Crippen molar-refractivity contribution in [2.75, 3.05) is 6.54 Å². The summed E-state index contributed by atoms with van der Waals surface area (Å²) in [6, 6.07) is 0. The Labute approximate surface area is 82.5 Å².